The van der Waals surface area contributed by atoms with E-state index in [1.165, 1.54) is 12.1 Å². The minimum Gasteiger partial charge on any atom is -0.493 e. The summed E-state index contributed by atoms with van der Waals surface area (Å²) in [6.45, 7) is 4.94. The monoisotopic (exact) mass is 304 g/mol. The molecule has 108 valence electrons. The van der Waals surface area contributed by atoms with Crippen LogP contribution < -0.4 is 4.74 Å². The van der Waals surface area contributed by atoms with E-state index < -0.39 is 5.82 Å². The van der Waals surface area contributed by atoms with E-state index in [1.54, 1.807) is 6.07 Å². The predicted octanol–water partition coefficient (Wildman–Crippen LogP) is 5.37. The zero-order chi connectivity index (χ0) is 14.3. The van der Waals surface area contributed by atoms with Gasteiger partial charge >= 0.3 is 0 Å². The standard InChI is InChI=1S/C15H22ClFOS/c1-3-7-15(11-19,8-4-2)10-18-12-5-6-14(17)13(16)9-12/h5-6,9,19H,3-4,7-8,10-11H2,1-2H3. The van der Waals surface area contributed by atoms with Gasteiger partial charge in [-0.15, -0.1) is 0 Å². The lowest BCUT2D eigenvalue weighted by molar-refractivity contribution is 0.143. The topological polar surface area (TPSA) is 9.23 Å². The smallest absolute Gasteiger partial charge is 0.142 e. The Morgan fingerprint density at radius 3 is 2.37 bits per heavy atom. The summed E-state index contributed by atoms with van der Waals surface area (Å²) in [5.41, 5.74) is 0.0907. The van der Waals surface area contributed by atoms with Crippen LogP contribution in [0.5, 0.6) is 5.75 Å². The number of hydrogen-bond acceptors (Lipinski definition) is 2. The quantitative estimate of drug-likeness (QED) is 0.635. The van der Waals surface area contributed by atoms with Gasteiger partial charge < -0.3 is 4.74 Å². The van der Waals surface area contributed by atoms with Crippen molar-refractivity contribution >= 4 is 24.2 Å². The van der Waals surface area contributed by atoms with Gasteiger partial charge in [0, 0.05) is 11.5 Å². The molecule has 0 aromatic heterocycles. The first-order valence-corrected chi connectivity index (χ1v) is 7.76. The lowest BCUT2D eigenvalue weighted by atomic mass is 9.82. The minimum absolute atomic E-state index is 0.0907. The SMILES string of the molecule is CCCC(CS)(CCC)COc1ccc(F)c(Cl)c1. The van der Waals surface area contributed by atoms with Crippen molar-refractivity contribution in [2.24, 2.45) is 5.41 Å². The molecule has 4 heteroatoms. The first kappa shape index (κ1) is 16.6. The summed E-state index contributed by atoms with van der Waals surface area (Å²) in [6, 6.07) is 4.47. The Hall–Kier alpha value is -0.410. The Labute approximate surface area is 125 Å². The van der Waals surface area contributed by atoms with Gasteiger partial charge in [0.25, 0.3) is 0 Å². The van der Waals surface area contributed by atoms with Crippen LogP contribution in [-0.4, -0.2) is 12.4 Å². The highest BCUT2D eigenvalue weighted by atomic mass is 35.5. The highest BCUT2D eigenvalue weighted by molar-refractivity contribution is 7.80. The van der Waals surface area contributed by atoms with Crippen LogP contribution in [0.2, 0.25) is 5.02 Å². The van der Waals surface area contributed by atoms with Crippen LogP contribution in [0.15, 0.2) is 18.2 Å². The van der Waals surface area contributed by atoms with Crippen LogP contribution in [0, 0.1) is 11.2 Å². The Balaban J connectivity index is 2.71. The van der Waals surface area contributed by atoms with Crippen LogP contribution >= 0.6 is 24.2 Å². The van der Waals surface area contributed by atoms with Gasteiger partial charge in [-0.1, -0.05) is 38.3 Å². The van der Waals surface area contributed by atoms with Gasteiger partial charge in [-0.05, 0) is 30.7 Å². The molecule has 0 N–H and O–H groups in total. The fourth-order valence-electron chi connectivity index (χ4n) is 2.34. The largest absolute Gasteiger partial charge is 0.493 e. The summed E-state index contributed by atoms with van der Waals surface area (Å²) in [5, 5.41) is 0.0972. The molecule has 0 aliphatic rings. The van der Waals surface area contributed by atoms with Crippen LogP contribution in [-0.2, 0) is 0 Å². The maximum absolute atomic E-state index is 13.1. The number of thiol groups is 1. The van der Waals surface area contributed by atoms with Crippen molar-refractivity contribution in [3.8, 4) is 5.75 Å². The van der Waals surface area contributed by atoms with E-state index in [1.807, 2.05) is 0 Å². The fraction of sp³-hybridized carbons (Fsp3) is 0.600. The van der Waals surface area contributed by atoms with Gasteiger partial charge in [-0.2, -0.15) is 12.6 Å². The van der Waals surface area contributed by atoms with Crippen LogP contribution in [0.1, 0.15) is 39.5 Å². The molecule has 0 atom stereocenters. The summed E-state index contributed by atoms with van der Waals surface area (Å²) in [4.78, 5) is 0. The second kappa shape index (κ2) is 8.01. The van der Waals surface area contributed by atoms with E-state index in [4.69, 9.17) is 16.3 Å². The summed E-state index contributed by atoms with van der Waals surface area (Å²) < 4.78 is 18.9. The molecular formula is C15H22ClFOS. The van der Waals surface area contributed by atoms with E-state index >= 15 is 0 Å². The summed E-state index contributed by atoms with van der Waals surface area (Å²) in [5.74, 6) is 0.991. The van der Waals surface area contributed by atoms with Crippen molar-refractivity contribution in [2.45, 2.75) is 39.5 Å². The normalized spacial score (nSPS) is 11.6. The van der Waals surface area contributed by atoms with Crippen molar-refractivity contribution in [3.05, 3.63) is 29.0 Å². The van der Waals surface area contributed by atoms with Gasteiger partial charge in [-0.25, -0.2) is 4.39 Å². The van der Waals surface area contributed by atoms with Crippen LogP contribution in [0.4, 0.5) is 4.39 Å². The highest BCUT2D eigenvalue weighted by Gasteiger charge is 2.27. The molecule has 1 nitrogen and oxygen atoms in total. The zero-order valence-electron chi connectivity index (χ0n) is 11.6. The van der Waals surface area contributed by atoms with Crippen molar-refractivity contribution in [3.63, 3.8) is 0 Å². The molecule has 0 bridgehead atoms. The first-order chi connectivity index (χ1) is 9.06. The third kappa shape index (κ3) is 4.88. The molecule has 0 radical (unpaired) electrons. The molecule has 0 unspecified atom stereocenters. The second-order valence-corrected chi connectivity index (χ2v) is 5.75. The van der Waals surface area contributed by atoms with Crippen LogP contribution in [0.3, 0.4) is 0 Å². The van der Waals surface area contributed by atoms with Crippen molar-refractivity contribution < 1.29 is 9.13 Å². The Morgan fingerprint density at radius 1 is 1.26 bits per heavy atom. The lowest BCUT2D eigenvalue weighted by Gasteiger charge is -2.31. The molecule has 1 aromatic carbocycles. The number of rotatable bonds is 8. The van der Waals surface area contributed by atoms with E-state index in [2.05, 4.69) is 26.5 Å². The molecule has 0 amide bonds. The Kier molecular flexibility index (Phi) is 7.01. The Morgan fingerprint density at radius 2 is 1.89 bits per heavy atom. The molecule has 0 saturated heterocycles. The summed E-state index contributed by atoms with van der Waals surface area (Å²) in [6.07, 6.45) is 4.38. The van der Waals surface area contributed by atoms with Crippen molar-refractivity contribution in [1.29, 1.82) is 0 Å². The molecule has 1 rings (SSSR count). The molecule has 0 saturated carbocycles. The maximum Gasteiger partial charge on any atom is 0.142 e. The summed E-state index contributed by atoms with van der Waals surface area (Å²) in [7, 11) is 0. The zero-order valence-corrected chi connectivity index (χ0v) is 13.2. The van der Waals surface area contributed by atoms with Crippen molar-refractivity contribution in [1.82, 2.24) is 0 Å². The molecule has 1 aromatic rings. The predicted molar refractivity (Wildman–Crippen MR) is 83.0 cm³/mol. The van der Waals surface area contributed by atoms with Gasteiger partial charge in [0.15, 0.2) is 0 Å². The van der Waals surface area contributed by atoms with E-state index in [0.717, 1.165) is 31.4 Å². The number of benzene rings is 1. The molecule has 0 heterocycles. The molecule has 0 aliphatic heterocycles. The third-order valence-corrected chi connectivity index (χ3v) is 4.29. The average molecular weight is 305 g/mol. The second-order valence-electron chi connectivity index (χ2n) is 5.02. The third-order valence-electron chi connectivity index (χ3n) is 3.33. The number of hydrogen-bond donors (Lipinski definition) is 1. The molecule has 0 aliphatic carbocycles. The van der Waals surface area contributed by atoms with E-state index in [0.29, 0.717) is 12.4 Å². The maximum atomic E-state index is 13.1. The van der Waals surface area contributed by atoms with Gasteiger partial charge in [0.1, 0.15) is 11.6 Å². The molecule has 19 heavy (non-hydrogen) atoms. The van der Waals surface area contributed by atoms with E-state index in [9.17, 15) is 4.39 Å². The number of halogens is 2. The van der Waals surface area contributed by atoms with E-state index in [-0.39, 0.29) is 10.4 Å². The fourth-order valence-corrected chi connectivity index (χ4v) is 2.91. The molecule has 0 spiro atoms. The molecular weight excluding hydrogens is 283 g/mol. The van der Waals surface area contributed by atoms with Crippen LogP contribution in [0.25, 0.3) is 0 Å². The minimum atomic E-state index is -0.420. The van der Waals surface area contributed by atoms with Gasteiger partial charge in [0.2, 0.25) is 0 Å². The summed E-state index contributed by atoms with van der Waals surface area (Å²) >= 11 is 10.2. The first-order valence-electron chi connectivity index (χ1n) is 6.75. The van der Waals surface area contributed by atoms with Crippen molar-refractivity contribution in [2.75, 3.05) is 12.4 Å². The number of ether oxygens (including phenoxy) is 1. The van der Waals surface area contributed by atoms with Gasteiger partial charge in [-0.3, -0.25) is 0 Å². The van der Waals surface area contributed by atoms with Gasteiger partial charge in [0.05, 0.1) is 11.6 Å². The Bertz CT molecular complexity index is 392. The average Bonchev–Trinajstić information content (AvgIpc) is 2.40. The highest BCUT2D eigenvalue weighted by Crippen LogP contribution is 2.32. The lowest BCUT2D eigenvalue weighted by Crippen LogP contribution is -2.30. The molecule has 0 fully saturated rings.